The lowest BCUT2D eigenvalue weighted by Crippen LogP contribution is -2.30. The Kier molecular flexibility index (Phi) is 4.56. The Bertz CT molecular complexity index is 295. The Morgan fingerprint density at radius 1 is 1.47 bits per heavy atom. The molecule has 0 aliphatic rings. The van der Waals surface area contributed by atoms with Crippen LogP contribution in [0.2, 0.25) is 0 Å². The summed E-state index contributed by atoms with van der Waals surface area (Å²) in [4.78, 5) is 4.22. The minimum Gasteiger partial charge on any atom is -0.338 e. The van der Waals surface area contributed by atoms with Crippen LogP contribution < -0.4 is 11.5 Å². The van der Waals surface area contributed by atoms with Gasteiger partial charge in [-0.3, -0.25) is 0 Å². The molecule has 4 N–H and O–H groups in total. The molecule has 0 bridgehead atoms. The van der Waals surface area contributed by atoms with Gasteiger partial charge in [0.1, 0.15) is 0 Å². The second kappa shape index (κ2) is 5.48. The number of aromatic nitrogens is 2. The summed E-state index contributed by atoms with van der Waals surface area (Å²) in [6.07, 6.45) is 1.01. The van der Waals surface area contributed by atoms with Crippen LogP contribution in [0, 0.1) is 0 Å². The Hall–Kier alpha value is -0.590. The number of thioether (sulfide) groups is 1. The quantitative estimate of drug-likeness (QED) is 0.704. The average molecular weight is 230 g/mol. The van der Waals surface area contributed by atoms with Gasteiger partial charge >= 0.3 is 0 Å². The Labute approximate surface area is 94.0 Å². The van der Waals surface area contributed by atoms with E-state index in [9.17, 15) is 0 Å². The molecule has 1 heterocycles. The summed E-state index contributed by atoms with van der Waals surface area (Å²) in [5, 5.41) is 3.84. The highest BCUT2D eigenvalue weighted by molar-refractivity contribution is 7.98. The van der Waals surface area contributed by atoms with E-state index in [-0.39, 0.29) is 0 Å². The van der Waals surface area contributed by atoms with Crippen molar-refractivity contribution in [2.75, 3.05) is 12.3 Å². The van der Waals surface area contributed by atoms with E-state index in [0.29, 0.717) is 11.7 Å². The molecule has 1 rings (SSSR count). The van der Waals surface area contributed by atoms with Crippen LogP contribution in [0.25, 0.3) is 0 Å². The molecule has 0 aliphatic heterocycles. The lowest BCUT2D eigenvalue weighted by atomic mass is 10.1. The molecule has 86 valence electrons. The van der Waals surface area contributed by atoms with Gasteiger partial charge in [-0.1, -0.05) is 5.16 Å². The van der Waals surface area contributed by atoms with Gasteiger partial charge in [-0.25, -0.2) is 0 Å². The van der Waals surface area contributed by atoms with Gasteiger partial charge in [0.05, 0.1) is 11.3 Å². The zero-order valence-corrected chi connectivity index (χ0v) is 10.0. The highest BCUT2D eigenvalue weighted by Gasteiger charge is 2.21. The molecule has 0 unspecified atom stereocenters. The fraction of sp³-hybridized carbons (Fsp3) is 0.778. The van der Waals surface area contributed by atoms with Gasteiger partial charge in [0.25, 0.3) is 0 Å². The van der Waals surface area contributed by atoms with Crippen molar-refractivity contribution in [1.82, 2.24) is 10.1 Å². The fourth-order valence-corrected chi connectivity index (χ4v) is 1.73. The van der Waals surface area contributed by atoms with Crippen molar-refractivity contribution >= 4 is 11.8 Å². The lowest BCUT2D eigenvalue weighted by Gasteiger charge is -2.11. The fourth-order valence-electron chi connectivity index (χ4n) is 0.920. The molecule has 0 amide bonds. The SMILES string of the molecule is CC(C)(N)c1noc(CSCCCN)n1. The zero-order valence-electron chi connectivity index (χ0n) is 9.19. The first-order chi connectivity index (χ1) is 7.04. The Balaban J connectivity index is 2.40. The van der Waals surface area contributed by atoms with Crippen molar-refractivity contribution in [3.63, 3.8) is 0 Å². The summed E-state index contributed by atoms with van der Waals surface area (Å²) in [7, 11) is 0. The molecule has 0 fully saturated rings. The van der Waals surface area contributed by atoms with Crippen LogP contribution in [-0.2, 0) is 11.3 Å². The molecule has 0 spiro atoms. The van der Waals surface area contributed by atoms with Crippen LogP contribution in [0.15, 0.2) is 4.52 Å². The molecule has 1 aromatic heterocycles. The highest BCUT2D eigenvalue weighted by Crippen LogP contribution is 2.16. The molecule has 0 saturated carbocycles. The minimum absolute atomic E-state index is 0.538. The van der Waals surface area contributed by atoms with Crippen molar-refractivity contribution in [3.8, 4) is 0 Å². The molecule has 5 nitrogen and oxygen atoms in total. The predicted octanol–water partition coefficient (Wildman–Crippen LogP) is 0.845. The van der Waals surface area contributed by atoms with Crippen LogP contribution in [0.4, 0.5) is 0 Å². The van der Waals surface area contributed by atoms with Crippen LogP contribution >= 0.6 is 11.8 Å². The molecule has 1 aromatic rings. The first-order valence-electron chi connectivity index (χ1n) is 4.94. The third kappa shape index (κ3) is 4.19. The van der Waals surface area contributed by atoms with Gasteiger partial charge in [-0.2, -0.15) is 16.7 Å². The van der Waals surface area contributed by atoms with Crippen molar-refractivity contribution in [3.05, 3.63) is 11.7 Å². The lowest BCUT2D eigenvalue weighted by molar-refractivity contribution is 0.370. The second-order valence-corrected chi connectivity index (χ2v) is 5.03. The van der Waals surface area contributed by atoms with Crippen LogP contribution in [0.5, 0.6) is 0 Å². The molecule has 0 aliphatic carbocycles. The highest BCUT2D eigenvalue weighted by atomic mass is 32.2. The summed E-state index contributed by atoms with van der Waals surface area (Å²) in [6, 6.07) is 0. The monoisotopic (exact) mass is 230 g/mol. The summed E-state index contributed by atoms with van der Waals surface area (Å²) in [5.41, 5.74) is 10.7. The molecular formula is C9H18N4OS. The maximum atomic E-state index is 5.84. The summed E-state index contributed by atoms with van der Waals surface area (Å²) < 4.78 is 5.08. The molecule has 15 heavy (non-hydrogen) atoms. The number of nitrogens with two attached hydrogens (primary N) is 2. The van der Waals surface area contributed by atoms with E-state index in [2.05, 4.69) is 10.1 Å². The van der Waals surface area contributed by atoms with E-state index in [1.807, 2.05) is 13.8 Å². The Morgan fingerprint density at radius 2 is 2.20 bits per heavy atom. The van der Waals surface area contributed by atoms with Gasteiger partial charge < -0.3 is 16.0 Å². The topological polar surface area (TPSA) is 91.0 Å². The van der Waals surface area contributed by atoms with Gasteiger partial charge in [-0.05, 0) is 32.6 Å². The summed E-state index contributed by atoms with van der Waals surface area (Å²) in [6.45, 7) is 4.42. The largest absolute Gasteiger partial charge is 0.338 e. The number of hydrogen-bond acceptors (Lipinski definition) is 6. The smallest absolute Gasteiger partial charge is 0.236 e. The predicted molar refractivity (Wildman–Crippen MR) is 61.3 cm³/mol. The number of hydrogen-bond donors (Lipinski definition) is 2. The molecule has 6 heteroatoms. The van der Waals surface area contributed by atoms with Crippen LogP contribution in [0.3, 0.4) is 0 Å². The molecule has 0 atom stereocenters. The van der Waals surface area contributed by atoms with Gasteiger partial charge in [0.2, 0.25) is 5.89 Å². The molecule has 0 aromatic carbocycles. The molecule has 0 saturated heterocycles. The van der Waals surface area contributed by atoms with Crippen molar-refractivity contribution in [2.45, 2.75) is 31.6 Å². The van der Waals surface area contributed by atoms with Gasteiger partial charge in [0, 0.05) is 0 Å². The minimum atomic E-state index is -0.538. The maximum absolute atomic E-state index is 5.84. The summed E-state index contributed by atoms with van der Waals surface area (Å²) >= 11 is 1.74. The van der Waals surface area contributed by atoms with Crippen LogP contribution in [-0.4, -0.2) is 22.4 Å². The average Bonchev–Trinajstić information content (AvgIpc) is 2.60. The Morgan fingerprint density at radius 3 is 2.73 bits per heavy atom. The maximum Gasteiger partial charge on any atom is 0.236 e. The van der Waals surface area contributed by atoms with Gasteiger partial charge in [-0.15, -0.1) is 0 Å². The van der Waals surface area contributed by atoms with Crippen molar-refractivity contribution in [1.29, 1.82) is 0 Å². The second-order valence-electron chi connectivity index (χ2n) is 3.93. The first kappa shape index (κ1) is 12.5. The van der Waals surface area contributed by atoms with E-state index in [0.717, 1.165) is 24.5 Å². The summed E-state index contributed by atoms with van der Waals surface area (Å²) in [5.74, 6) is 2.92. The number of rotatable bonds is 6. The van der Waals surface area contributed by atoms with E-state index in [1.54, 1.807) is 11.8 Å². The van der Waals surface area contributed by atoms with Crippen molar-refractivity contribution < 1.29 is 4.52 Å². The molecule has 0 radical (unpaired) electrons. The zero-order chi connectivity index (χ0) is 11.3. The third-order valence-electron chi connectivity index (χ3n) is 1.76. The van der Waals surface area contributed by atoms with E-state index in [1.165, 1.54) is 0 Å². The van der Waals surface area contributed by atoms with E-state index < -0.39 is 5.54 Å². The van der Waals surface area contributed by atoms with E-state index >= 15 is 0 Å². The van der Waals surface area contributed by atoms with Crippen molar-refractivity contribution in [2.24, 2.45) is 11.5 Å². The van der Waals surface area contributed by atoms with Crippen LogP contribution in [0.1, 0.15) is 32.0 Å². The first-order valence-corrected chi connectivity index (χ1v) is 6.09. The molecular weight excluding hydrogens is 212 g/mol. The number of nitrogens with zero attached hydrogens (tertiary/aromatic N) is 2. The van der Waals surface area contributed by atoms with E-state index in [4.69, 9.17) is 16.0 Å². The normalized spacial score (nSPS) is 12.0. The van der Waals surface area contributed by atoms with Gasteiger partial charge in [0.15, 0.2) is 5.82 Å². The third-order valence-corrected chi connectivity index (χ3v) is 2.79. The standard InChI is InChI=1S/C9H18N4OS/c1-9(2,11)8-12-7(14-13-8)6-15-5-3-4-10/h3-6,10-11H2,1-2H3.